The van der Waals surface area contributed by atoms with Gasteiger partial charge in [-0.3, -0.25) is 71.9 Å². The molecule has 6 aromatic carbocycles. The van der Waals surface area contributed by atoms with Crippen molar-refractivity contribution in [2.75, 3.05) is 64.0 Å². The van der Waals surface area contributed by atoms with Crippen molar-refractivity contribution in [3.05, 3.63) is 203 Å². The first kappa shape index (κ1) is 100. The van der Waals surface area contributed by atoms with Gasteiger partial charge in [0, 0.05) is 94.8 Å². The van der Waals surface area contributed by atoms with Crippen molar-refractivity contribution in [2.24, 2.45) is 17.6 Å². The largest absolute Gasteiger partial charge is 0.508 e. The predicted molar refractivity (Wildman–Crippen MR) is 494 cm³/mol. The number of amides is 15. The van der Waals surface area contributed by atoms with Crippen LogP contribution in [0.4, 0.5) is 0 Å². The van der Waals surface area contributed by atoms with Crippen LogP contribution in [0.5, 0.6) is 11.5 Å². The Labute approximate surface area is 770 Å². The molecule has 10 rings (SSSR count). The quantitative estimate of drug-likeness (QED) is 0.0464. The lowest BCUT2D eigenvalue weighted by atomic mass is 9.98. The smallest absolute Gasteiger partial charge is 0.246 e. The maximum atomic E-state index is 15.7. The molecule has 3 aliphatic rings. The first-order valence-electron chi connectivity index (χ1n) is 44.1. The molecular weight excluding hydrogens is 1720 g/mol. The minimum Gasteiger partial charge on any atom is -0.508 e. The van der Waals surface area contributed by atoms with Crippen LogP contribution in [0.1, 0.15) is 107 Å². The van der Waals surface area contributed by atoms with Crippen LogP contribution < -0.4 is 53.6 Å². The third-order valence-corrected chi connectivity index (χ3v) is 25.7. The number of rotatable bonds is 22. The highest BCUT2D eigenvalue weighted by Crippen LogP contribution is 2.29. The van der Waals surface area contributed by atoms with E-state index >= 15 is 47.9 Å². The monoisotopic (exact) mass is 1840 g/mol. The summed E-state index contributed by atoms with van der Waals surface area (Å²) in [5.41, 5.74) is 9.35. The SMILES string of the molecule is CCCC[C@H]1C(=O)N2CCC[C@@H]2C(=O)N[C@@H](CO)C(=O)N[C@@H](C(C)C)C(=O)N(C)[C@@H](Cc2ccccc2)C(=O)N[C@@H](Cc2ccc(O)cc2)C(=O)N2CSC[C@@H]2C(=O)N[C@@H](Cc2c[nH]c3ccccc23)C(=O)N[C@@H](Cc2ccc(O)cc2)C(=O)N[C@@H](CC(C)C)C(=O)N[C@H](C(=O)NCC(N)=O)CSCC(=O)N[C@@H](Cc2ccccc2)C(=O)N(C)[C@@H](Cc2ccccc2)C(=O)N1C. The van der Waals surface area contributed by atoms with Crippen molar-refractivity contribution in [3.8, 4) is 11.5 Å². The second-order valence-corrected chi connectivity index (χ2v) is 36.2. The number of aromatic hydroxyl groups is 2. The summed E-state index contributed by atoms with van der Waals surface area (Å²) in [6, 6.07) is 26.0. The van der Waals surface area contributed by atoms with Gasteiger partial charge in [0.1, 0.15) is 90.0 Å². The minimum absolute atomic E-state index is 0.0334. The predicted octanol–water partition coefficient (Wildman–Crippen LogP) is 2.82. The molecule has 1 aromatic heterocycles. The molecule has 7 aromatic rings. The van der Waals surface area contributed by atoms with Gasteiger partial charge in [0.2, 0.25) is 88.6 Å². The number of nitrogens with two attached hydrogens (primary N) is 1. The molecule has 15 N–H and O–H groups in total. The van der Waals surface area contributed by atoms with Crippen LogP contribution in [0.2, 0.25) is 0 Å². The Balaban J connectivity index is 1.04. The number of phenols is 2. The Morgan fingerprint density at radius 1 is 0.473 bits per heavy atom. The molecule has 0 aliphatic carbocycles. The van der Waals surface area contributed by atoms with Gasteiger partial charge in [0.05, 0.1) is 24.8 Å². The molecule has 34 nitrogen and oxygen atoms in total. The number of fused-ring (bicyclic) bond motifs is 3. The molecule has 0 saturated carbocycles. The number of unbranched alkanes of at least 4 members (excludes halogenated alkanes) is 1. The molecule has 13 atom stereocenters. The number of nitrogens with one attached hydrogen (secondary N) is 10. The summed E-state index contributed by atoms with van der Waals surface area (Å²) in [7, 11) is 4.19. The molecule has 0 spiro atoms. The van der Waals surface area contributed by atoms with E-state index in [0.717, 1.165) is 16.7 Å². The van der Waals surface area contributed by atoms with E-state index in [1.165, 1.54) is 101 Å². The Hall–Kier alpha value is -12.8. The molecule has 3 aliphatic heterocycles. The van der Waals surface area contributed by atoms with Crippen LogP contribution in [0.15, 0.2) is 170 Å². The van der Waals surface area contributed by atoms with Gasteiger partial charge in [-0.2, -0.15) is 0 Å². The van der Waals surface area contributed by atoms with Crippen molar-refractivity contribution < 1.29 is 87.2 Å². The van der Waals surface area contributed by atoms with Crippen molar-refractivity contribution in [3.63, 3.8) is 0 Å². The number of benzene rings is 6. The number of H-pyrrole nitrogens is 1. The van der Waals surface area contributed by atoms with Gasteiger partial charge >= 0.3 is 0 Å². The van der Waals surface area contributed by atoms with Gasteiger partial charge in [-0.25, -0.2) is 0 Å². The van der Waals surface area contributed by atoms with Gasteiger partial charge in [-0.1, -0.05) is 181 Å². The summed E-state index contributed by atoms with van der Waals surface area (Å²) in [6.45, 7) is 7.04. The zero-order valence-corrected chi connectivity index (χ0v) is 76.5. The van der Waals surface area contributed by atoms with Gasteiger partial charge in [0.25, 0.3) is 0 Å². The number of phenolic OH excluding ortho intramolecular Hbond substituents is 2. The fraction of sp³-hybridized carbons (Fsp3) is 0.442. The minimum atomic E-state index is -1.73. The summed E-state index contributed by atoms with van der Waals surface area (Å²) < 4.78 is 0. The van der Waals surface area contributed by atoms with E-state index < -0.39 is 192 Å². The van der Waals surface area contributed by atoms with E-state index in [2.05, 4.69) is 52.8 Å². The average Bonchev–Trinajstić information content (AvgIpc) is 1.79. The maximum absolute atomic E-state index is 15.7. The highest BCUT2D eigenvalue weighted by atomic mass is 32.2. The number of para-hydroxylation sites is 1. The number of thioether (sulfide) groups is 2. The Kier molecular flexibility index (Phi) is 36.9. The van der Waals surface area contributed by atoms with Crippen LogP contribution in [0, 0.1) is 11.8 Å². The third-order valence-electron chi connectivity index (χ3n) is 23.6. The van der Waals surface area contributed by atoms with Crippen LogP contribution in [0.25, 0.3) is 10.9 Å². The first-order chi connectivity index (χ1) is 62.7. The van der Waals surface area contributed by atoms with E-state index in [0.29, 0.717) is 63.5 Å². The summed E-state index contributed by atoms with van der Waals surface area (Å²) in [4.78, 5) is 235. The fourth-order valence-corrected chi connectivity index (χ4v) is 18.3. The van der Waals surface area contributed by atoms with Crippen molar-refractivity contribution in [2.45, 2.75) is 190 Å². The number of aromatic amines is 1. The fourth-order valence-electron chi connectivity index (χ4n) is 16.3. The Bertz CT molecular complexity index is 5150. The van der Waals surface area contributed by atoms with E-state index in [-0.39, 0.29) is 99.1 Å². The van der Waals surface area contributed by atoms with Gasteiger partial charge in [-0.15, -0.1) is 23.5 Å². The number of aliphatic hydroxyl groups is 1. The molecule has 3 saturated heterocycles. The molecule has 0 unspecified atom stereocenters. The van der Waals surface area contributed by atoms with Crippen molar-refractivity contribution >= 4 is 123 Å². The second-order valence-electron chi connectivity index (χ2n) is 34.2. The molecule has 36 heteroatoms. The standard InChI is InChI=1S/C95H120N16O18S2/c1-9-10-31-76-94(128)110-41-22-32-75(110)88(122)104-73(51-112)87(121)106-82(57(4)5)95(129)108(7)77(46-59-25-16-12-17-26-59)89(123)103-72(45-62-35-39-65(114)40-36-62)92(126)111-55-131-53-79(111)90(124)102-70(48-63-49-97-67-30-21-20-29-66(63)67)86(120)101-69(43-61-33-37-64(113)38-34-61)85(119)100-68(42-56(2)3)84(118)105-74(83(117)98-50-80(96)115)52-130-54-81(116)99-71(44-58-23-14-11-15-24-58)91(125)109(8)78(93(127)107(76)6)47-60-27-18-13-19-28-60/h11-21,23-30,33-40,49,56-57,68-79,82,97,112-114H,9-10,22,31-32,41-48,50-55H2,1-8H3,(H2,96,115)(H,98,117)(H,99,116)(H,100,119)(H,101,120)(H,102,124)(H,103,123)(H,104,122)(H,105,118)(H,106,121)/t68-,69-,70-,71-,72-,73-,74-,75+,76-,77-,78-,79+,82-/m0/s1. The summed E-state index contributed by atoms with van der Waals surface area (Å²) in [6.07, 6.45) is 1.93. The highest BCUT2D eigenvalue weighted by Gasteiger charge is 2.46. The average molecular weight is 1840 g/mol. The Morgan fingerprint density at radius 2 is 0.962 bits per heavy atom. The summed E-state index contributed by atoms with van der Waals surface area (Å²) in [5, 5.41) is 57.3. The van der Waals surface area contributed by atoms with Crippen molar-refractivity contribution in [1.29, 1.82) is 0 Å². The van der Waals surface area contributed by atoms with Gasteiger partial charge in [0.15, 0.2) is 0 Å². The second kappa shape index (κ2) is 48.2. The van der Waals surface area contributed by atoms with E-state index in [1.807, 2.05) is 6.92 Å². The molecule has 131 heavy (non-hydrogen) atoms. The number of likely N-dealkylation sites (N-methyl/N-ethyl adjacent to an activating group) is 3. The molecule has 3 fully saturated rings. The lowest BCUT2D eigenvalue weighted by Crippen LogP contribution is -2.62. The molecular formula is C95H120N16O18S2. The molecule has 0 bridgehead atoms. The summed E-state index contributed by atoms with van der Waals surface area (Å²) >= 11 is 2.04. The molecule has 0 radical (unpaired) electrons. The number of hydrogen-bond acceptors (Lipinski definition) is 20. The van der Waals surface area contributed by atoms with Crippen LogP contribution in [0.3, 0.4) is 0 Å². The number of aromatic nitrogens is 1. The number of aliphatic hydroxyl groups excluding tert-OH is 1. The van der Waals surface area contributed by atoms with Crippen LogP contribution in [-0.4, -0.2) is 276 Å². The zero-order valence-electron chi connectivity index (χ0n) is 74.9. The lowest BCUT2D eigenvalue weighted by molar-refractivity contribution is -0.152. The van der Waals surface area contributed by atoms with Gasteiger partial charge < -0.3 is 98.4 Å². The molecule has 15 amide bonds. The van der Waals surface area contributed by atoms with Crippen LogP contribution >= 0.6 is 23.5 Å². The topological polar surface area (TPSA) is 483 Å². The Morgan fingerprint density at radius 3 is 1.54 bits per heavy atom. The van der Waals surface area contributed by atoms with Gasteiger partial charge in [-0.05, 0) is 101 Å². The number of carbonyl (C=O) groups is 15. The number of hydrogen-bond donors (Lipinski definition) is 14. The third kappa shape index (κ3) is 27.9. The van der Waals surface area contributed by atoms with E-state index in [9.17, 15) is 39.3 Å². The number of nitrogens with zero attached hydrogens (tertiary/aromatic N) is 5. The first-order valence-corrected chi connectivity index (χ1v) is 46.4. The number of primary amides is 1. The van der Waals surface area contributed by atoms with E-state index in [4.69, 9.17) is 5.73 Å². The zero-order chi connectivity index (χ0) is 94.7. The van der Waals surface area contributed by atoms with E-state index in [1.54, 1.807) is 149 Å². The van der Waals surface area contributed by atoms with Crippen LogP contribution in [-0.2, 0) is 110 Å². The summed E-state index contributed by atoms with van der Waals surface area (Å²) in [5.74, 6) is -14.8. The molecule has 700 valence electrons. The van der Waals surface area contributed by atoms with Crippen molar-refractivity contribution in [1.82, 2.24) is 77.3 Å². The normalized spacial score (nSPS) is 23.8. The number of carbonyl (C=O) groups excluding carboxylic acids is 15. The maximum Gasteiger partial charge on any atom is 0.246 e. The molecule has 4 heterocycles. The lowest BCUT2D eigenvalue weighted by Gasteiger charge is -2.38. The highest BCUT2D eigenvalue weighted by molar-refractivity contribution is 8.00.